The van der Waals surface area contributed by atoms with Crippen LogP contribution in [0.25, 0.3) is 0 Å². The SMILES string of the molecule is CCOC(=O)C(O)(CCc1ccccc1)C[N+](=O)[O-]. The number of esters is 1. The van der Waals surface area contributed by atoms with Gasteiger partial charge in [0.05, 0.1) is 6.61 Å². The smallest absolute Gasteiger partial charge is 0.345 e. The van der Waals surface area contributed by atoms with Crippen molar-refractivity contribution >= 4 is 5.97 Å². The molecule has 0 aromatic heterocycles. The number of carbonyl (C=O) groups is 1. The largest absolute Gasteiger partial charge is 0.464 e. The van der Waals surface area contributed by atoms with Crippen molar-refractivity contribution in [3.63, 3.8) is 0 Å². The van der Waals surface area contributed by atoms with Crippen LogP contribution in [-0.4, -0.2) is 34.8 Å². The summed E-state index contributed by atoms with van der Waals surface area (Å²) < 4.78 is 4.70. The van der Waals surface area contributed by atoms with Gasteiger partial charge in [0, 0.05) is 4.92 Å². The molecule has 1 aromatic carbocycles. The summed E-state index contributed by atoms with van der Waals surface area (Å²) in [4.78, 5) is 21.5. The van der Waals surface area contributed by atoms with Gasteiger partial charge in [-0.1, -0.05) is 30.3 Å². The average molecular weight is 267 g/mol. The van der Waals surface area contributed by atoms with Gasteiger partial charge in [0.15, 0.2) is 0 Å². The zero-order chi connectivity index (χ0) is 14.3. The third kappa shape index (κ3) is 4.67. The monoisotopic (exact) mass is 267 g/mol. The van der Waals surface area contributed by atoms with Gasteiger partial charge in [0.2, 0.25) is 12.1 Å². The number of aryl methyl sites for hydroxylation is 1. The molecule has 6 nitrogen and oxygen atoms in total. The van der Waals surface area contributed by atoms with Crippen molar-refractivity contribution in [1.29, 1.82) is 0 Å². The van der Waals surface area contributed by atoms with Gasteiger partial charge < -0.3 is 9.84 Å². The Morgan fingerprint density at radius 1 is 1.42 bits per heavy atom. The molecule has 0 saturated heterocycles. The molecule has 0 heterocycles. The maximum Gasteiger partial charge on any atom is 0.345 e. The second-order valence-corrected chi connectivity index (χ2v) is 4.23. The second kappa shape index (κ2) is 6.84. The van der Waals surface area contributed by atoms with Crippen LogP contribution in [-0.2, 0) is 16.0 Å². The number of nitrogens with zero attached hydrogens (tertiary/aromatic N) is 1. The van der Waals surface area contributed by atoms with Gasteiger partial charge >= 0.3 is 5.97 Å². The molecule has 1 rings (SSSR count). The van der Waals surface area contributed by atoms with Gasteiger partial charge in [-0.3, -0.25) is 10.1 Å². The Bertz CT molecular complexity index is 434. The van der Waals surface area contributed by atoms with Crippen LogP contribution in [0.15, 0.2) is 30.3 Å². The molecule has 0 radical (unpaired) electrons. The minimum absolute atomic E-state index is 0.0448. The van der Waals surface area contributed by atoms with Crippen molar-refractivity contribution in [3.8, 4) is 0 Å². The third-order valence-electron chi connectivity index (χ3n) is 2.72. The first-order valence-electron chi connectivity index (χ1n) is 6.03. The summed E-state index contributed by atoms with van der Waals surface area (Å²) in [5.74, 6) is -0.942. The zero-order valence-corrected chi connectivity index (χ0v) is 10.7. The standard InChI is InChI=1S/C13H17NO5/c1-2-19-12(15)13(16,10-14(17)18)9-8-11-6-4-3-5-7-11/h3-7,16H,2,8-10H2,1H3. The van der Waals surface area contributed by atoms with Crippen molar-refractivity contribution < 1.29 is 19.6 Å². The molecule has 0 fully saturated rings. The van der Waals surface area contributed by atoms with Crippen LogP contribution in [0, 0.1) is 10.1 Å². The van der Waals surface area contributed by atoms with E-state index in [9.17, 15) is 20.0 Å². The normalized spacial score (nSPS) is 13.6. The second-order valence-electron chi connectivity index (χ2n) is 4.23. The Morgan fingerprint density at radius 3 is 2.58 bits per heavy atom. The number of ether oxygens (including phenoxy) is 1. The van der Waals surface area contributed by atoms with Gasteiger partial charge in [-0.25, -0.2) is 4.79 Å². The Morgan fingerprint density at radius 2 is 2.05 bits per heavy atom. The van der Waals surface area contributed by atoms with Crippen LogP contribution in [0.2, 0.25) is 0 Å². The highest BCUT2D eigenvalue weighted by atomic mass is 16.6. The highest BCUT2D eigenvalue weighted by molar-refractivity contribution is 5.79. The number of carbonyl (C=O) groups excluding carboxylic acids is 1. The van der Waals surface area contributed by atoms with E-state index < -0.39 is 23.0 Å². The number of aliphatic hydroxyl groups is 1. The molecule has 1 N–H and O–H groups in total. The van der Waals surface area contributed by atoms with E-state index in [2.05, 4.69) is 0 Å². The molecule has 1 atom stereocenters. The molecule has 0 amide bonds. The van der Waals surface area contributed by atoms with Crippen molar-refractivity contribution in [2.45, 2.75) is 25.4 Å². The maximum atomic E-state index is 11.6. The van der Waals surface area contributed by atoms with Gasteiger partial charge in [-0.05, 0) is 25.3 Å². The van der Waals surface area contributed by atoms with E-state index in [0.717, 1.165) is 5.56 Å². The van der Waals surface area contributed by atoms with Crippen molar-refractivity contribution in [2.75, 3.05) is 13.2 Å². The van der Waals surface area contributed by atoms with E-state index in [1.54, 1.807) is 6.92 Å². The van der Waals surface area contributed by atoms with Crippen LogP contribution < -0.4 is 0 Å². The molecule has 1 unspecified atom stereocenters. The van der Waals surface area contributed by atoms with Crippen LogP contribution in [0.5, 0.6) is 0 Å². The Hall–Kier alpha value is -1.95. The molecule has 0 saturated carbocycles. The summed E-state index contributed by atoms with van der Waals surface area (Å²) in [6.07, 6.45) is 0.320. The molecule has 0 spiro atoms. The molecular weight excluding hydrogens is 250 g/mol. The number of rotatable bonds is 7. The molecule has 6 heteroatoms. The summed E-state index contributed by atoms with van der Waals surface area (Å²) in [6.45, 7) is 0.810. The maximum absolute atomic E-state index is 11.6. The first-order chi connectivity index (χ1) is 8.98. The fraction of sp³-hybridized carbons (Fsp3) is 0.462. The van der Waals surface area contributed by atoms with Gasteiger partial charge in [0.25, 0.3) is 0 Å². The van der Waals surface area contributed by atoms with E-state index in [1.807, 2.05) is 30.3 Å². The quantitative estimate of drug-likeness (QED) is 0.455. The lowest BCUT2D eigenvalue weighted by molar-refractivity contribution is -0.497. The predicted molar refractivity (Wildman–Crippen MR) is 68.2 cm³/mol. The summed E-state index contributed by atoms with van der Waals surface area (Å²) in [5, 5.41) is 20.7. The number of hydrogen-bond donors (Lipinski definition) is 1. The number of hydrogen-bond acceptors (Lipinski definition) is 5. The summed E-state index contributed by atoms with van der Waals surface area (Å²) >= 11 is 0. The minimum atomic E-state index is -2.07. The van der Waals surface area contributed by atoms with E-state index in [1.165, 1.54) is 0 Å². The van der Waals surface area contributed by atoms with Gasteiger partial charge in [-0.2, -0.15) is 0 Å². The summed E-state index contributed by atoms with van der Waals surface area (Å²) in [5.41, 5.74) is -1.18. The molecule has 0 bridgehead atoms. The summed E-state index contributed by atoms with van der Waals surface area (Å²) in [7, 11) is 0. The van der Waals surface area contributed by atoms with Crippen molar-refractivity contribution in [2.24, 2.45) is 0 Å². The van der Waals surface area contributed by atoms with E-state index in [0.29, 0.717) is 6.42 Å². The van der Waals surface area contributed by atoms with Crippen LogP contribution in [0.4, 0.5) is 0 Å². The third-order valence-corrected chi connectivity index (χ3v) is 2.72. The molecule has 1 aromatic rings. The lowest BCUT2D eigenvalue weighted by Crippen LogP contribution is -2.46. The van der Waals surface area contributed by atoms with E-state index in [-0.39, 0.29) is 13.0 Å². The molecule has 0 aliphatic carbocycles. The van der Waals surface area contributed by atoms with Gasteiger partial charge in [-0.15, -0.1) is 0 Å². The highest BCUT2D eigenvalue weighted by Gasteiger charge is 2.42. The minimum Gasteiger partial charge on any atom is -0.464 e. The van der Waals surface area contributed by atoms with Crippen LogP contribution >= 0.6 is 0 Å². The molecule has 0 aliphatic rings. The Labute approximate surface area is 111 Å². The van der Waals surface area contributed by atoms with Crippen LogP contribution in [0.1, 0.15) is 18.9 Å². The van der Waals surface area contributed by atoms with Crippen molar-refractivity contribution in [3.05, 3.63) is 46.0 Å². The Balaban J connectivity index is 2.74. The van der Waals surface area contributed by atoms with E-state index >= 15 is 0 Å². The van der Waals surface area contributed by atoms with E-state index in [4.69, 9.17) is 4.74 Å². The van der Waals surface area contributed by atoms with Crippen molar-refractivity contribution in [1.82, 2.24) is 0 Å². The zero-order valence-electron chi connectivity index (χ0n) is 10.7. The molecular formula is C13H17NO5. The summed E-state index contributed by atoms with van der Waals surface area (Å²) in [6, 6.07) is 9.16. The molecule has 104 valence electrons. The number of nitro groups is 1. The molecule has 19 heavy (non-hydrogen) atoms. The predicted octanol–water partition coefficient (Wildman–Crippen LogP) is 1.19. The van der Waals surface area contributed by atoms with Crippen LogP contribution in [0.3, 0.4) is 0 Å². The fourth-order valence-electron chi connectivity index (χ4n) is 1.72. The Kier molecular flexibility index (Phi) is 5.44. The topological polar surface area (TPSA) is 89.7 Å². The number of benzene rings is 1. The first-order valence-corrected chi connectivity index (χ1v) is 6.03. The average Bonchev–Trinajstić information content (AvgIpc) is 2.37. The highest BCUT2D eigenvalue weighted by Crippen LogP contribution is 2.17. The fourth-order valence-corrected chi connectivity index (χ4v) is 1.72. The lowest BCUT2D eigenvalue weighted by atomic mass is 9.95. The first kappa shape index (κ1) is 15.1. The van der Waals surface area contributed by atoms with Gasteiger partial charge in [0.1, 0.15) is 0 Å². The lowest BCUT2D eigenvalue weighted by Gasteiger charge is -2.21. The molecule has 0 aliphatic heterocycles.